The largest absolute Gasteiger partial charge is 0.325 e. The van der Waals surface area contributed by atoms with E-state index in [1.54, 1.807) is 0 Å². The summed E-state index contributed by atoms with van der Waals surface area (Å²) in [6, 6.07) is 25.0. The summed E-state index contributed by atoms with van der Waals surface area (Å²) in [5.41, 5.74) is 4.24. The van der Waals surface area contributed by atoms with Crippen LogP contribution in [-0.2, 0) is 11.2 Å². The summed E-state index contributed by atoms with van der Waals surface area (Å²) in [6.45, 7) is 1.21. The molecule has 0 radical (unpaired) electrons. The molecule has 4 heteroatoms. The van der Waals surface area contributed by atoms with Gasteiger partial charge in [0.15, 0.2) is 0 Å². The van der Waals surface area contributed by atoms with Gasteiger partial charge in [0.25, 0.3) is 0 Å². The molecule has 3 nitrogen and oxygen atoms in total. The van der Waals surface area contributed by atoms with Crippen molar-refractivity contribution >= 4 is 11.6 Å². The molecule has 1 amide bonds. The van der Waals surface area contributed by atoms with Gasteiger partial charge in [-0.3, -0.25) is 9.69 Å². The summed E-state index contributed by atoms with van der Waals surface area (Å²) in [5.74, 6) is -0.245. The van der Waals surface area contributed by atoms with Gasteiger partial charge in [-0.15, -0.1) is 0 Å². The smallest absolute Gasteiger partial charge is 0.238 e. The molecule has 0 bridgehead atoms. The molecule has 0 spiro atoms. The zero-order chi connectivity index (χ0) is 20.1. The van der Waals surface area contributed by atoms with E-state index in [1.807, 2.05) is 48.5 Å². The molecule has 1 aliphatic rings. The van der Waals surface area contributed by atoms with Gasteiger partial charge in [-0.25, -0.2) is 4.39 Å². The van der Waals surface area contributed by atoms with Crippen LogP contribution in [-0.4, -0.2) is 23.9 Å². The molecule has 148 valence electrons. The summed E-state index contributed by atoms with van der Waals surface area (Å²) in [7, 11) is 0. The maximum atomic E-state index is 13.2. The van der Waals surface area contributed by atoms with Gasteiger partial charge in [0.05, 0.1) is 6.54 Å². The highest BCUT2D eigenvalue weighted by atomic mass is 19.1. The molecule has 0 saturated carbocycles. The molecule has 1 unspecified atom stereocenters. The molecule has 0 aromatic heterocycles. The first-order valence-corrected chi connectivity index (χ1v) is 10.1. The van der Waals surface area contributed by atoms with Gasteiger partial charge in [-0.1, -0.05) is 60.7 Å². The van der Waals surface area contributed by atoms with Crippen molar-refractivity contribution in [1.29, 1.82) is 0 Å². The van der Waals surface area contributed by atoms with Crippen molar-refractivity contribution in [2.45, 2.75) is 25.3 Å². The SMILES string of the molecule is O=C(CN1CCCC1c1ccc(F)cc1)Nc1ccccc1Cc1ccccc1. The van der Waals surface area contributed by atoms with Gasteiger partial charge in [0.2, 0.25) is 5.91 Å². The third kappa shape index (κ3) is 4.90. The van der Waals surface area contributed by atoms with E-state index in [0.717, 1.165) is 42.6 Å². The Kier molecular flexibility index (Phi) is 6.01. The summed E-state index contributed by atoms with van der Waals surface area (Å²) >= 11 is 0. The quantitative estimate of drug-likeness (QED) is 0.630. The summed E-state index contributed by atoms with van der Waals surface area (Å²) in [4.78, 5) is 15.0. The number of carbonyl (C=O) groups excluding carboxylic acids is 1. The normalized spacial score (nSPS) is 16.7. The summed E-state index contributed by atoms with van der Waals surface area (Å²) in [6.07, 6.45) is 2.81. The lowest BCUT2D eigenvalue weighted by molar-refractivity contribution is -0.117. The zero-order valence-corrected chi connectivity index (χ0v) is 16.4. The lowest BCUT2D eigenvalue weighted by Crippen LogP contribution is -2.33. The van der Waals surface area contributed by atoms with Crippen molar-refractivity contribution in [1.82, 2.24) is 4.90 Å². The van der Waals surface area contributed by atoms with E-state index in [2.05, 4.69) is 28.4 Å². The molecule has 1 saturated heterocycles. The molecule has 3 aromatic carbocycles. The van der Waals surface area contributed by atoms with Crippen molar-refractivity contribution in [2.24, 2.45) is 0 Å². The van der Waals surface area contributed by atoms with Crippen LogP contribution < -0.4 is 5.32 Å². The van der Waals surface area contributed by atoms with E-state index >= 15 is 0 Å². The van der Waals surface area contributed by atoms with E-state index in [9.17, 15) is 9.18 Å². The van der Waals surface area contributed by atoms with Gasteiger partial charge in [-0.2, -0.15) is 0 Å². The minimum atomic E-state index is -0.230. The first-order chi connectivity index (χ1) is 14.2. The van der Waals surface area contributed by atoms with E-state index in [-0.39, 0.29) is 17.8 Å². The number of carbonyl (C=O) groups is 1. The molecule has 1 aliphatic heterocycles. The van der Waals surface area contributed by atoms with Crippen molar-refractivity contribution < 1.29 is 9.18 Å². The number of nitrogens with zero attached hydrogens (tertiary/aromatic N) is 1. The number of hydrogen-bond donors (Lipinski definition) is 1. The average Bonchev–Trinajstić information content (AvgIpc) is 3.19. The number of anilines is 1. The number of para-hydroxylation sites is 1. The highest BCUT2D eigenvalue weighted by molar-refractivity contribution is 5.93. The maximum Gasteiger partial charge on any atom is 0.238 e. The Labute approximate surface area is 171 Å². The zero-order valence-electron chi connectivity index (χ0n) is 16.4. The second kappa shape index (κ2) is 9.01. The van der Waals surface area contributed by atoms with Crippen LogP contribution in [0.2, 0.25) is 0 Å². The number of benzene rings is 3. The molecule has 1 fully saturated rings. The fourth-order valence-corrected chi connectivity index (χ4v) is 4.06. The fraction of sp³-hybridized carbons (Fsp3) is 0.240. The predicted molar refractivity (Wildman–Crippen MR) is 114 cm³/mol. The van der Waals surface area contributed by atoms with Crippen LogP contribution in [0.4, 0.5) is 10.1 Å². The lowest BCUT2D eigenvalue weighted by Gasteiger charge is -2.24. The van der Waals surface area contributed by atoms with Crippen LogP contribution >= 0.6 is 0 Å². The molecule has 1 atom stereocenters. The van der Waals surface area contributed by atoms with Gasteiger partial charge in [0.1, 0.15) is 5.82 Å². The predicted octanol–water partition coefficient (Wildman–Crippen LogP) is 5.19. The molecule has 29 heavy (non-hydrogen) atoms. The lowest BCUT2D eigenvalue weighted by atomic mass is 10.0. The maximum absolute atomic E-state index is 13.2. The Morgan fingerprint density at radius 2 is 1.69 bits per heavy atom. The molecule has 4 rings (SSSR count). The Bertz CT molecular complexity index is 956. The summed E-state index contributed by atoms with van der Waals surface area (Å²) in [5, 5.41) is 3.10. The number of hydrogen-bond acceptors (Lipinski definition) is 2. The average molecular weight is 388 g/mol. The second-order valence-corrected chi connectivity index (χ2v) is 7.55. The molecule has 0 aliphatic carbocycles. The molecular weight excluding hydrogens is 363 g/mol. The van der Waals surface area contributed by atoms with Crippen molar-refractivity contribution in [3.63, 3.8) is 0 Å². The molecular formula is C25H25FN2O. The third-order valence-electron chi connectivity index (χ3n) is 5.49. The van der Waals surface area contributed by atoms with Crippen molar-refractivity contribution in [3.8, 4) is 0 Å². The Morgan fingerprint density at radius 1 is 0.966 bits per heavy atom. The fourth-order valence-electron chi connectivity index (χ4n) is 4.06. The van der Waals surface area contributed by atoms with Crippen LogP contribution in [0, 0.1) is 5.82 Å². The van der Waals surface area contributed by atoms with Crippen LogP contribution in [0.25, 0.3) is 0 Å². The summed E-state index contributed by atoms with van der Waals surface area (Å²) < 4.78 is 13.2. The number of amides is 1. The Morgan fingerprint density at radius 3 is 2.48 bits per heavy atom. The first-order valence-electron chi connectivity index (χ1n) is 10.1. The standard InChI is InChI=1S/C25H25FN2O/c26-22-14-12-20(13-15-22)24-11-6-16-28(24)18-25(29)27-23-10-5-4-9-21(23)17-19-7-2-1-3-8-19/h1-5,7-10,12-15,24H,6,11,16-18H2,(H,27,29). The minimum Gasteiger partial charge on any atom is -0.325 e. The van der Waals surface area contributed by atoms with Crippen molar-refractivity contribution in [3.05, 3.63) is 101 Å². The Balaban J connectivity index is 1.43. The second-order valence-electron chi connectivity index (χ2n) is 7.55. The van der Waals surface area contributed by atoms with E-state index < -0.39 is 0 Å². The van der Waals surface area contributed by atoms with Gasteiger partial charge in [-0.05, 0) is 60.7 Å². The number of rotatable bonds is 6. The van der Waals surface area contributed by atoms with Crippen LogP contribution in [0.1, 0.15) is 35.6 Å². The molecule has 1 heterocycles. The number of halogens is 1. The van der Waals surface area contributed by atoms with Gasteiger partial charge < -0.3 is 5.32 Å². The first kappa shape index (κ1) is 19.3. The topological polar surface area (TPSA) is 32.3 Å². The molecule has 3 aromatic rings. The minimum absolute atomic E-state index is 0.0143. The van der Waals surface area contributed by atoms with Crippen LogP contribution in [0.5, 0.6) is 0 Å². The van der Waals surface area contributed by atoms with Crippen LogP contribution in [0.3, 0.4) is 0 Å². The van der Waals surface area contributed by atoms with E-state index in [1.165, 1.54) is 17.7 Å². The van der Waals surface area contributed by atoms with Crippen molar-refractivity contribution in [2.75, 3.05) is 18.4 Å². The monoisotopic (exact) mass is 388 g/mol. The highest BCUT2D eigenvalue weighted by Crippen LogP contribution is 2.31. The van der Waals surface area contributed by atoms with E-state index in [0.29, 0.717) is 6.54 Å². The Hall–Kier alpha value is -2.98. The van der Waals surface area contributed by atoms with Crippen LogP contribution in [0.15, 0.2) is 78.9 Å². The molecule has 1 N–H and O–H groups in total. The highest BCUT2D eigenvalue weighted by Gasteiger charge is 2.27. The number of nitrogens with one attached hydrogen (secondary N) is 1. The third-order valence-corrected chi connectivity index (χ3v) is 5.49. The van der Waals surface area contributed by atoms with Gasteiger partial charge in [0, 0.05) is 11.7 Å². The van der Waals surface area contributed by atoms with E-state index in [4.69, 9.17) is 0 Å². The number of likely N-dealkylation sites (tertiary alicyclic amines) is 1. The van der Waals surface area contributed by atoms with Gasteiger partial charge >= 0.3 is 0 Å².